The van der Waals surface area contributed by atoms with Gasteiger partial charge < -0.3 is 9.84 Å². The molecule has 0 aliphatic rings. The predicted molar refractivity (Wildman–Crippen MR) is 206 cm³/mol. The zero-order chi connectivity index (χ0) is 36.6. The van der Waals surface area contributed by atoms with Crippen LogP contribution in [-0.4, -0.2) is 56.3 Å². The van der Waals surface area contributed by atoms with Gasteiger partial charge in [0.1, 0.15) is 0 Å². The van der Waals surface area contributed by atoms with Crippen molar-refractivity contribution in [2.45, 2.75) is 91.8 Å². The molecule has 1 N–H and O–H groups in total. The second-order valence-electron chi connectivity index (χ2n) is 12.6. The summed E-state index contributed by atoms with van der Waals surface area (Å²) >= 11 is 3.65. The molecule has 4 aromatic carbocycles. The molecule has 0 aromatic heterocycles. The molecule has 0 aliphatic carbocycles. The Bertz CT molecular complexity index is 1780. The molecule has 0 aliphatic heterocycles. The fraction of sp³-hybridized carbons (Fsp3) is 0.385. The number of ether oxygens (including phenoxy) is 1. The van der Waals surface area contributed by atoms with E-state index in [-0.39, 0.29) is 12.3 Å². The van der Waals surface area contributed by atoms with Crippen LogP contribution in [0.5, 0.6) is 0 Å². The normalized spacial score (nSPS) is 14.2. The van der Waals surface area contributed by atoms with E-state index in [1.165, 1.54) is 22.5 Å². The smallest absolute Gasteiger partial charge is 0.289 e. The van der Waals surface area contributed by atoms with Crippen LogP contribution >= 0.6 is 15.9 Å². The monoisotopic (exact) mass is 798 g/mol. The fourth-order valence-electron chi connectivity index (χ4n) is 5.82. The van der Waals surface area contributed by atoms with Gasteiger partial charge in [-0.05, 0) is 49.1 Å². The molecule has 12 heteroatoms. The molecular weight excluding hydrogens is 752 g/mol. The third kappa shape index (κ3) is 12.4. The van der Waals surface area contributed by atoms with Gasteiger partial charge in [0, 0.05) is 29.9 Å². The van der Waals surface area contributed by atoms with Crippen molar-refractivity contribution in [1.29, 1.82) is 0 Å². The van der Waals surface area contributed by atoms with Crippen molar-refractivity contribution in [2.24, 2.45) is 0 Å². The van der Waals surface area contributed by atoms with Gasteiger partial charge in [0.05, 0.1) is 39.3 Å². The predicted octanol–water partition coefficient (Wildman–Crippen LogP) is 8.34. The van der Waals surface area contributed by atoms with E-state index in [4.69, 9.17) is 4.74 Å². The average Bonchev–Trinajstić information content (AvgIpc) is 3.14. The maximum Gasteiger partial charge on any atom is 0.289 e. The van der Waals surface area contributed by atoms with E-state index in [2.05, 4.69) is 15.9 Å². The molecule has 0 saturated carbocycles. The zero-order valence-corrected chi connectivity index (χ0v) is 32.1. The molecule has 4 aromatic rings. The molecule has 4 atom stereocenters. The second kappa shape index (κ2) is 20.7. The number of halogens is 1. The minimum absolute atomic E-state index is 0.144. The summed E-state index contributed by atoms with van der Waals surface area (Å²) in [4.78, 5) is 10.5. The first-order valence-corrected chi connectivity index (χ1v) is 20.9. The van der Waals surface area contributed by atoms with E-state index >= 15 is 0 Å². The first-order valence-electron chi connectivity index (χ1n) is 17.3. The molecular formula is C39H47BrN2O7S2. The number of para-hydroxylation sites is 1. The maximum absolute atomic E-state index is 14.5. The number of rotatable bonds is 22. The van der Waals surface area contributed by atoms with Crippen LogP contribution in [0.2, 0.25) is 0 Å². The molecule has 0 heterocycles. The highest BCUT2D eigenvalue weighted by molar-refractivity contribution is 9.09. The van der Waals surface area contributed by atoms with E-state index in [1.54, 1.807) is 36.4 Å². The molecule has 0 bridgehead atoms. The molecule has 9 nitrogen and oxygen atoms in total. The molecule has 0 saturated heterocycles. The van der Waals surface area contributed by atoms with Gasteiger partial charge in [-0.2, -0.15) is 4.31 Å². The van der Waals surface area contributed by atoms with Crippen LogP contribution in [0.1, 0.15) is 61.6 Å². The Labute approximate surface area is 312 Å². The zero-order valence-electron chi connectivity index (χ0n) is 28.9. The first-order chi connectivity index (χ1) is 24.6. The highest BCUT2D eigenvalue weighted by Gasteiger charge is 2.41. The van der Waals surface area contributed by atoms with Crippen LogP contribution in [0, 0.1) is 17.0 Å². The van der Waals surface area contributed by atoms with Gasteiger partial charge >= 0.3 is 0 Å². The van der Waals surface area contributed by atoms with E-state index in [0.29, 0.717) is 30.1 Å². The summed E-state index contributed by atoms with van der Waals surface area (Å²) in [6.07, 6.45) is 5.09. The van der Waals surface area contributed by atoms with E-state index in [1.807, 2.05) is 55.5 Å². The summed E-state index contributed by atoms with van der Waals surface area (Å²) in [5.74, 6) is -0.144. The van der Waals surface area contributed by atoms with Gasteiger partial charge in [-0.25, -0.2) is 8.42 Å². The Kier molecular flexibility index (Phi) is 16.4. The number of nitro benzene ring substituents is 1. The molecule has 0 unspecified atom stereocenters. The van der Waals surface area contributed by atoms with Crippen molar-refractivity contribution in [1.82, 2.24) is 4.31 Å². The van der Waals surface area contributed by atoms with Crippen LogP contribution < -0.4 is 0 Å². The summed E-state index contributed by atoms with van der Waals surface area (Å²) in [6.45, 7) is 3.09. The first kappa shape index (κ1) is 40.5. The number of unbranched alkanes of at least 4 members (excludes halogenated alkanes) is 5. The largest absolute Gasteiger partial charge is 0.392 e. The Morgan fingerprint density at radius 3 is 2.04 bits per heavy atom. The minimum Gasteiger partial charge on any atom is -0.392 e. The number of alkyl halides is 1. The number of aliphatic hydroxyl groups is 1. The fourth-order valence-corrected chi connectivity index (χ4v) is 10.2. The Morgan fingerprint density at radius 1 is 0.824 bits per heavy atom. The number of nitro groups is 1. The van der Waals surface area contributed by atoms with Crippen LogP contribution in [-0.2, 0) is 38.7 Å². The number of aliphatic hydroxyl groups excluding tert-OH is 1. The van der Waals surface area contributed by atoms with E-state index < -0.39 is 53.3 Å². The average molecular weight is 800 g/mol. The number of sulfonamides is 1. The Hall–Kier alpha value is -3.26. The quantitative estimate of drug-likeness (QED) is 0.0367. The Morgan fingerprint density at radius 2 is 1.39 bits per heavy atom. The summed E-state index contributed by atoms with van der Waals surface area (Å²) in [6, 6.07) is 30.4. The number of benzene rings is 4. The van der Waals surface area contributed by atoms with Gasteiger partial charge in [-0.1, -0.05) is 139 Å². The highest BCUT2D eigenvalue weighted by Crippen LogP contribution is 2.33. The van der Waals surface area contributed by atoms with Crippen molar-refractivity contribution in [3.63, 3.8) is 0 Å². The summed E-state index contributed by atoms with van der Waals surface area (Å²) in [7, 11) is -6.20. The SMILES string of the molecule is Cc1ccc([S@@](=O)C[C@@H]([C@@H](Br)[C@@H](O)CCCCCCCCOCc2ccccc2)N(Cc2ccccc2)S(=O)(=O)c2ccccc2[N+](=O)[O-])cc1. The van der Waals surface area contributed by atoms with Crippen LogP contribution in [0.4, 0.5) is 5.69 Å². The molecule has 274 valence electrons. The number of aryl methyl sites for hydroxylation is 1. The lowest BCUT2D eigenvalue weighted by molar-refractivity contribution is -0.387. The maximum atomic E-state index is 14.5. The molecule has 51 heavy (non-hydrogen) atoms. The van der Waals surface area contributed by atoms with Gasteiger partial charge in [0.15, 0.2) is 4.90 Å². The topological polar surface area (TPSA) is 127 Å². The summed E-state index contributed by atoms with van der Waals surface area (Å²) in [5.41, 5.74) is 2.24. The van der Waals surface area contributed by atoms with E-state index in [9.17, 15) is 27.8 Å². The third-order valence-electron chi connectivity index (χ3n) is 8.69. The molecule has 4 rings (SSSR count). The van der Waals surface area contributed by atoms with Crippen molar-refractivity contribution < 1.29 is 27.4 Å². The van der Waals surface area contributed by atoms with Crippen molar-refractivity contribution >= 4 is 42.4 Å². The van der Waals surface area contributed by atoms with Crippen molar-refractivity contribution in [2.75, 3.05) is 12.4 Å². The number of hydrogen-bond donors (Lipinski definition) is 1. The summed E-state index contributed by atoms with van der Waals surface area (Å²) < 4.78 is 49.8. The lowest BCUT2D eigenvalue weighted by Crippen LogP contribution is -2.51. The number of nitrogens with zero attached hydrogens (tertiary/aromatic N) is 2. The molecule has 0 fully saturated rings. The lowest BCUT2D eigenvalue weighted by atomic mass is 10.0. The highest BCUT2D eigenvalue weighted by atomic mass is 79.9. The third-order valence-corrected chi connectivity index (χ3v) is 13.3. The van der Waals surface area contributed by atoms with Crippen molar-refractivity contribution in [3.8, 4) is 0 Å². The van der Waals surface area contributed by atoms with Crippen LogP contribution in [0.15, 0.2) is 119 Å². The van der Waals surface area contributed by atoms with Gasteiger partial charge in [0.2, 0.25) is 0 Å². The minimum atomic E-state index is -4.54. The van der Waals surface area contributed by atoms with E-state index in [0.717, 1.165) is 55.7 Å². The lowest BCUT2D eigenvalue weighted by Gasteiger charge is -2.35. The van der Waals surface area contributed by atoms with Gasteiger partial charge in [0.25, 0.3) is 15.7 Å². The van der Waals surface area contributed by atoms with Gasteiger partial charge in [-0.3, -0.25) is 14.3 Å². The second-order valence-corrected chi connectivity index (χ2v) is 17.0. The number of hydrogen-bond acceptors (Lipinski definition) is 7. The van der Waals surface area contributed by atoms with Crippen molar-refractivity contribution in [3.05, 3.63) is 136 Å². The summed E-state index contributed by atoms with van der Waals surface area (Å²) in [5, 5.41) is 23.5. The molecule has 0 spiro atoms. The standard InChI is InChI=1S/C39H47BrN2O7S2/c1-31-23-25-34(26-24-31)50(46)30-36(39(40)37(43)21-12-4-2-3-5-15-27-49-29-33-18-10-7-11-19-33)41(28-32-16-8-6-9-17-32)51(47,48)38-22-14-13-20-35(38)42(44)45/h6-11,13-14,16-20,22-26,36-37,39,43H,2-5,12,15,21,27-30H2,1H3/t36-,37-,39+,50-/m0/s1. The Balaban J connectivity index is 1.47. The van der Waals surface area contributed by atoms with Gasteiger partial charge in [-0.15, -0.1) is 0 Å². The van der Waals surface area contributed by atoms with Crippen LogP contribution in [0.3, 0.4) is 0 Å². The molecule has 0 amide bonds. The van der Waals surface area contributed by atoms with Crippen LogP contribution in [0.25, 0.3) is 0 Å². The molecule has 0 radical (unpaired) electrons.